The maximum absolute atomic E-state index is 13.0. The number of benzene rings is 2. The number of hydrogen-bond donors (Lipinski definition) is 1. The average Bonchev–Trinajstić information content (AvgIpc) is 2.37. The van der Waals surface area contributed by atoms with Crippen LogP contribution in [0.3, 0.4) is 0 Å². The summed E-state index contributed by atoms with van der Waals surface area (Å²) >= 11 is 0. The van der Waals surface area contributed by atoms with E-state index in [-0.39, 0.29) is 11.9 Å². The summed E-state index contributed by atoms with van der Waals surface area (Å²) in [5, 5.41) is 3.31. The molecular formula is C17H20FNO. The van der Waals surface area contributed by atoms with Gasteiger partial charge < -0.3 is 10.1 Å². The van der Waals surface area contributed by atoms with Gasteiger partial charge in [-0.3, -0.25) is 0 Å². The van der Waals surface area contributed by atoms with E-state index in [9.17, 15) is 4.39 Å². The Morgan fingerprint density at radius 3 is 2.65 bits per heavy atom. The van der Waals surface area contributed by atoms with E-state index in [4.69, 9.17) is 4.74 Å². The number of aryl methyl sites for hydroxylation is 1. The van der Waals surface area contributed by atoms with Crippen molar-refractivity contribution >= 4 is 5.69 Å². The van der Waals surface area contributed by atoms with E-state index in [2.05, 4.69) is 5.32 Å². The second kappa shape index (κ2) is 6.42. The van der Waals surface area contributed by atoms with Gasteiger partial charge in [0.1, 0.15) is 11.6 Å². The summed E-state index contributed by atoms with van der Waals surface area (Å²) in [7, 11) is 0. The molecule has 0 unspecified atom stereocenters. The van der Waals surface area contributed by atoms with Crippen LogP contribution in [-0.2, 0) is 6.54 Å². The van der Waals surface area contributed by atoms with Crippen LogP contribution in [0.2, 0.25) is 0 Å². The molecule has 0 bridgehead atoms. The van der Waals surface area contributed by atoms with Gasteiger partial charge in [-0.2, -0.15) is 0 Å². The Morgan fingerprint density at radius 1 is 1.15 bits per heavy atom. The highest BCUT2D eigenvalue weighted by Gasteiger charge is 2.02. The van der Waals surface area contributed by atoms with Crippen LogP contribution in [-0.4, -0.2) is 6.10 Å². The third-order valence-corrected chi connectivity index (χ3v) is 2.94. The summed E-state index contributed by atoms with van der Waals surface area (Å²) in [6.45, 7) is 6.59. The molecule has 0 aromatic heterocycles. The van der Waals surface area contributed by atoms with Gasteiger partial charge >= 0.3 is 0 Å². The monoisotopic (exact) mass is 273 g/mol. The lowest BCUT2D eigenvalue weighted by Crippen LogP contribution is -2.06. The summed E-state index contributed by atoms with van der Waals surface area (Å²) in [6.07, 6.45) is 0.164. The van der Waals surface area contributed by atoms with Crippen molar-refractivity contribution in [3.05, 3.63) is 59.4 Å². The predicted octanol–water partition coefficient (Wildman–Crippen LogP) is 4.53. The zero-order valence-corrected chi connectivity index (χ0v) is 12.1. The molecule has 2 nitrogen and oxygen atoms in total. The third-order valence-electron chi connectivity index (χ3n) is 2.94. The smallest absolute Gasteiger partial charge is 0.123 e. The van der Waals surface area contributed by atoms with Crippen molar-refractivity contribution in [2.75, 3.05) is 5.32 Å². The highest BCUT2D eigenvalue weighted by Crippen LogP contribution is 2.19. The number of hydrogen-bond acceptors (Lipinski definition) is 2. The lowest BCUT2D eigenvalue weighted by molar-refractivity contribution is 0.242. The normalized spacial score (nSPS) is 10.7. The van der Waals surface area contributed by atoms with Gasteiger partial charge in [-0.25, -0.2) is 4.39 Å². The number of nitrogens with one attached hydrogen (secondary N) is 1. The molecule has 0 aliphatic rings. The van der Waals surface area contributed by atoms with E-state index in [0.717, 1.165) is 22.6 Å². The Labute approximate surface area is 119 Å². The van der Waals surface area contributed by atoms with E-state index in [1.165, 1.54) is 12.1 Å². The number of halogens is 1. The molecule has 2 rings (SSSR count). The molecule has 0 amide bonds. The van der Waals surface area contributed by atoms with E-state index >= 15 is 0 Å². The maximum atomic E-state index is 13.0. The van der Waals surface area contributed by atoms with Crippen molar-refractivity contribution < 1.29 is 9.13 Å². The second-order valence-corrected chi connectivity index (χ2v) is 5.13. The Kier molecular flexibility index (Phi) is 4.61. The fraction of sp³-hybridized carbons (Fsp3) is 0.294. The van der Waals surface area contributed by atoms with Gasteiger partial charge in [0.25, 0.3) is 0 Å². The molecule has 0 saturated carbocycles. The first-order valence-electron chi connectivity index (χ1n) is 6.80. The maximum Gasteiger partial charge on any atom is 0.123 e. The molecule has 0 spiro atoms. The summed E-state index contributed by atoms with van der Waals surface area (Å²) in [5.74, 6) is 0.663. The molecule has 0 saturated heterocycles. The fourth-order valence-corrected chi connectivity index (χ4v) is 2.02. The van der Waals surface area contributed by atoms with Crippen molar-refractivity contribution in [3.63, 3.8) is 0 Å². The Morgan fingerprint density at radius 2 is 1.95 bits per heavy atom. The van der Waals surface area contributed by atoms with Crippen LogP contribution < -0.4 is 10.1 Å². The first-order chi connectivity index (χ1) is 9.54. The summed E-state index contributed by atoms with van der Waals surface area (Å²) < 4.78 is 18.7. The van der Waals surface area contributed by atoms with Crippen LogP contribution in [0, 0.1) is 12.7 Å². The molecule has 0 aliphatic carbocycles. The molecule has 2 aromatic rings. The van der Waals surface area contributed by atoms with Crippen LogP contribution in [0.15, 0.2) is 42.5 Å². The highest BCUT2D eigenvalue weighted by molar-refractivity contribution is 5.51. The fourth-order valence-electron chi connectivity index (χ4n) is 2.02. The molecule has 0 fully saturated rings. The quantitative estimate of drug-likeness (QED) is 0.864. The van der Waals surface area contributed by atoms with Crippen LogP contribution in [0.1, 0.15) is 25.0 Å². The molecular weight excluding hydrogens is 253 g/mol. The van der Waals surface area contributed by atoms with Crippen molar-refractivity contribution in [2.45, 2.75) is 33.4 Å². The zero-order valence-electron chi connectivity index (χ0n) is 12.1. The van der Waals surface area contributed by atoms with Crippen LogP contribution >= 0.6 is 0 Å². The van der Waals surface area contributed by atoms with Gasteiger partial charge in [0.05, 0.1) is 6.10 Å². The lowest BCUT2D eigenvalue weighted by atomic mass is 10.1. The van der Waals surface area contributed by atoms with E-state index in [1.807, 2.05) is 45.0 Å². The average molecular weight is 273 g/mol. The molecule has 20 heavy (non-hydrogen) atoms. The summed E-state index contributed by atoms with van der Waals surface area (Å²) in [4.78, 5) is 0. The Bertz CT molecular complexity index is 581. The largest absolute Gasteiger partial charge is 0.491 e. The molecule has 0 atom stereocenters. The van der Waals surface area contributed by atoms with Gasteiger partial charge in [-0.15, -0.1) is 0 Å². The third kappa shape index (κ3) is 3.98. The van der Waals surface area contributed by atoms with Gasteiger partial charge in [0.15, 0.2) is 0 Å². The van der Waals surface area contributed by atoms with E-state index in [1.54, 1.807) is 6.07 Å². The minimum Gasteiger partial charge on any atom is -0.491 e. The summed E-state index contributed by atoms with van der Waals surface area (Å²) in [5.41, 5.74) is 2.98. The standard InChI is InChI=1S/C17H20FNO/c1-12(2)20-16-6-4-5-14(10-16)11-19-17-8-7-15(18)9-13(17)3/h4-10,12,19H,11H2,1-3H3. The number of rotatable bonds is 5. The Balaban J connectivity index is 2.03. The van der Waals surface area contributed by atoms with Crippen molar-refractivity contribution in [1.82, 2.24) is 0 Å². The van der Waals surface area contributed by atoms with E-state index in [0.29, 0.717) is 6.54 Å². The molecule has 0 heterocycles. The first-order valence-corrected chi connectivity index (χ1v) is 6.80. The minimum absolute atomic E-state index is 0.164. The van der Waals surface area contributed by atoms with Crippen molar-refractivity contribution in [1.29, 1.82) is 0 Å². The van der Waals surface area contributed by atoms with Crippen molar-refractivity contribution in [2.24, 2.45) is 0 Å². The predicted molar refractivity (Wildman–Crippen MR) is 80.7 cm³/mol. The molecule has 3 heteroatoms. The minimum atomic E-state index is -0.208. The SMILES string of the molecule is Cc1cc(F)ccc1NCc1cccc(OC(C)C)c1. The second-order valence-electron chi connectivity index (χ2n) is 5.13. The van der Waals surface area contributed by atoms with Gasteiger partial charge in [0, 0.05) is 12.2 Å². The van der Waals surface area contributed by atoms with Gasteiger partial charge in [-0.05, 0) is 62.2 Å². The van der Waals surface area contributed by atoms with Crippen LogP contribution in [0.4, 0.5) is 10.1 Å². The molecule has 1 N–H and O–H groups in total. The van der Waals surface area contributed by atoms with Crippen molar-refractivity contribution in [3.8, 4) is 5.75 Å². The Hall–Kier alpha value is -2.03. The number of anilines is 1. The molecule has 0 aliphatic heterocycles. The van der Waals surface area contributed by atoms with E-state index < -0.39 is 0 Å². The van der Waals surface area contributed by atoms with Gasteiger partial charge in [-0.1, -0.05) is 12.1 Å². The highest BCUT2D eigenvalue weighted by atomic mass is 19.1. The zero-order chi connectivity index (χ0) is 14.5. The molecule has 0 radical (unpaired) electrons. The summed E-state index contributed by atoms with van der Waals surface area (Å²) in [6, 6.07) is 12.7. The molecule has 106 valence electrons. The molecule has 2 aromatic carbocycles. The lowest BCUT2D eigenvalue weighted by Gasteiger charge is -2.12. The first kappa shape index (κ1) is 14.4. The topological polar surface area (TPSA) is 21.3 Å². The van der Waals surface area contributed by atoms with Crippen LogP contribution in [0.5, 0.6) is 5.75 Å². The van der Waals surface area contributed by atoms with Gasteiger partial charge in [0.2, 0.25) is 0 Å². The van der Waals surface area contributed by atoms with Crippen LogP contribution in [0.25, 0.3) is 0 Å². The number of ether oxygens (including phenoxy) is 1.